The summed E-state index contributed by atoms with van der Waals surface area (Å²) in [6.45, 7) is 7.24. The van der Waals surface area contributed by atoms with E-state index in [-0.39, 0.29) is 29.6 Å². The first-order valence-corrected chi connectivity index (χ1v) is 8.28. The molecule has 0 heterocycles. The third-order valence-electron chi connectivity index (χ3n) is 3.46. The molecule has 0 aliphatic rings. The van der Waals surface area contributed by atoms with Crippen LogP contribution in [-0.4, -0.2) is 18.7 Å². The molecule has 0 aliphatic carbocycles. The van der Waals surface area contributed by atoms with Crippen LogP contribution in [0.5, 0.6) is 5.75 Å². The lowest BCUT2D eigenvalue weighted by Gasteiger charge is -2.19. The van der Waals surface area contributed by atoms with Gasteiger partial charge < -0.3 is 20.5 Å². The second-order valence-electron chi connectivity index (χ2n) is 6.78. The molecule has 2 aromatic rings. The summed E-state index contributed by atoms with van der Waals surface area (Å²) in [5, 5.41) is 3.07. The number of hydrogen-bond acceptors (Lipinski definition) is 3. The highest BCUT2D eigenvalue weighted by Gasteiger charge is 2.10. The summed E-state index contributed by atoms with van der Waals surface area (Å²) in [6, 6.07) is 15.7. The van der Waals surface area contributed by atoms with Crippen LogP contribution in [0.4, 0.5) is 5.69 Å². The van der Waals surface area contributed by atoms with Gasteiger partial charge in [-0.3, -0.25) is 0 Å². The minimum absolute atomic E-state index is 0. The summed E-state index contributed by atoms with van der Waals surface area (Å²) in [7, 11) is 1.64. The van der Waals surface area contributed by atoms with Crippen LogP contribution in [0.25, 0.3) is 0 Å². The number of ether oxygens (including phenoxy) is 2. The first kappa shape index (κ1) is 22.2. The van der Waals surface area contributed by atoms with Gasteiger partial charge in [0.1, 0.15) is 5.75 Å². The van der Waals surface area contributed by atoms with Crippen molar-refractivity contribution in [3.8, 4) is 5.75 Å². The lowest BCUT2D eigenvalue weighted by Crippen LogP contribution is -2.22. The molecule has 0 spiro atoms. The summed E-state index contributed by atoms with van der Waals surface area (Å²) < 4.78 is 10.9. The largest absolute Gasteiger partial charge is 0.497 e. The number of halogens is 1. The van der Waals surface area contributed by atoms with E-state index in [0.29, 0.717) is 19.1 Å². The van der Waals surface area contributed by atoms with Crippen molar-refractivity contribution >= 4 is 35.6 Å². The zero-order valence-corrected chi connectivity index (χ0v) is 18.1. The number of nitrogens with two attached hydrogens (primary N) is 1. The zero-order valence-electron chi connectivity index (χ0n) is 15.8. The molecule has 3 N–H and O–H groups in total. The number of benzene rings is 2. The van der Waals surface area contributed by atoms with Gasteiger partial charge in [-0.15, -0.1) is 24.0 Å². The summed E-state index contributed by atoms with van der Waals surface area (Å²) >= 11 is 0. The maximum Gasteiger partial charge on any atom is 0.193 e. The van der Waals surface area contributed by atoms with E-state index in [1.165, 1.54) is 0 Å². The van der Waals surface area contributed by atoms with Gasteiger partial charge in [0.05, 0.1) is 25.9 Å². The highest BCUT2D eigenvalue weighted by molar-refractivity contribution is 14.0. The topological polar surface area (TPSA) is 68.9 Å². The molecule has 0 aromatic heterocycles. The molecule has 0 saturated heterocycles. The van der Waals surface area contributed by atoms with Gasteiger partial charge in [0, 0.05) is 5.69 Å². The lowest BCUT2D eigenvalue weighted by atomic mass is 10.1. The minimum atomic E-state index is -0.152. The standard InChI is InChI=1S/C20H27N3O2.HI/c1-20(2,3)25-14-16-7-5-6-15(12-16)13-22-19(21)23-17-8-10-18(24-4)11-9-17;/h5-12H,13-14H2,1-4H3,(H3,21,22,23);1H. The van der Waals surface area contributed by atoms with Crippen molar-refractivity contribution in [1.82, 2.24) is 0 Å². The highest BCUT2D eigenvalue weighted by Crippen LogP contribution is 2.15. The van der Waals surface area contributed by atoms with Crippen LogP contribution in [0, 0.1) is 0 Å². The Hall–Kier alpha value is -1.80. The summed E-state index contributed by atoms with van der Waals surface area (Å²) in [5.41, 5.74) is 8.90. The van der Waals surface area contributed by atoms with E-state index in [0.717, 1.165) is 22.6 Å². The van der Waals surface area contributed by atoms with Crippen LogP contribution in [0.15, 0.2) is 53.5 Å². The van der Waals surface area contributed by atoms with Crippen molar-refractivity contribution in [2.45, 2.75) is 39.5 Å². The molecule has 0 unspecified atom stereocenters. The second-order valence-corrected chi connectivity index (χ2v) is 6.78. The van der Waals surface area contributed by atoms with E-state index in [2.05, 4.69) is 22.4 Å². The Balaban J connectivity index is 0.00000338. The monoisotopic (exact) mass is 469 g/mol. The number of nitrogens with one attached hydrogen (secondary N) is 1. The Morgan fingerprint density at radius 1 is 1.08 bits per heavy atom. The van der Waals surface area contributed by atoms with E-state index in [1.807, 2.05) is 57.2 Å². The van der Waals surface area contributed by atoms with Crippen LogP contribution in [0.2, 0.25) is 0 Å². The van der Waals surface area contributed by atoms with Crippen molar-refractivity contribution < 1.29 is 9.47 Å². The molecule has 0 fully saturated rings. The van der Waals surface area contributed by atoms with E-state index in [4.69, 9.17) is 15.2 Å². The van der Waals surface area contributed by atoms with Gasteiger partial charge in [-0.1, -0.05) is 24.3 Å². The molecule has 0 saturated carbocycles. The maximum absolute atomic E-state index is 5.96. The van der Waals surface area contributed by atoms with Crippen LogP contribution in [-0.2, 0) is 17.9 Å². The molecule has 2 aromatic carbocycles. The van der Waals surface area contributed by atoms with Crippen molar-refractivity contribution in [1.29, 1.82) is 0 Å². The Kier molecular flexibility index (Phi) is 8.87. The molecule has 0 amide bonds. The fourth-order valence-electron chi connectivity index (χ4n) is 2.16. The first-order valence-electron chi connectivity index (χ1n) is 8.28. The van der Waals surface area contributed by atoms with E-state index >= 15 is 0 Å². The van der Waals surface area contributed by atoms with Crippen LogP contribution < -0.4 is 15.8 Å². The Bertz CT molecular complexity index is 710. The number of aliphatic imine (C=N–C) groups is 1. The first-order chi connectivity index (χ1) is 11.9. The molecular formula is C20H28IN3O2. The normalized spacial score (nSPS) is 11.6. The molecule has 6 heteroatoms. The Morgan fingerprint density at radius 2 is 1.73 bits per heavy atom. The molecule has 0 radical (unpaired) electrons. The lowest BCUT2D eigenvalue weighted by molar-refractivity contribution is -0.0149. The highest BCUT2D eigenvalue weighted by atomic mass is 127. The predicted molar refractivity (Wildman–Crippen MR) is 118 cm³/mol. The predicted octanol–water partition coefficient (Wildman–Crippen LogP) is 4.56. The van der Waals surface area contributed by atoms with Crippen molar-refractivity contribution in [2.24, 2.45) is 10.7 Å². The number of guanidine groups is 1. The molecule has 0 atom stereocenters. The van der Waals surface area contributed by atoms with Gasteiger partial charge in [-0.25, -0.2) is 4.99 Å². The van der Waals surface area contributed by atoms with E-state index < -0.39 is 0 Å². The number of nitrogens with zero attached hydrogens (tertiary/aromatic N) is 1. The molecule has 2 rings (SSSR count). The quantitative estimate of drug-likeness (QED) is 0.370. The van der Waals surface area contributed by atoms with Crippen LogP contribution in [0.1, 0.15) is 31.9 Å². The summed E-state index contributed by atoms with van der Waals surface area (Å²) in [5.74, 6) is 1.18. The van der Waals surface area contributed by atoms with Gasteiger partial charge in [0.15, 0.2) is 5.96 Å². The van der Waals surface area contributed by atoms with Crippen LogP contribution >= 0.6 is 24.0 Å². The Labute approximate surface area is 173 Å². The SMILES string of the molecule is COc1ccc(NC(N)=NCc2cccc(COC(C)(C)C)c2)cc1.I. The summed E-state index contributed by atoms with van der Waals surface area (Å²) in [6.07, 6.45) is 0. The number of hydrogen-bond donors (Lipinski definition) is 2. The fraction of sp³-hybridized carbons (Fsp3) is 0.350. The van der Waals surface area contributed by atoms with Crippen molar-refractivity contribution in [2.75, 3.05) is 12.4 Å². The molecule has 0 bridgehead atoms. The van der Waals surface area contributed by atoms with Crippen molar-refractivity contribution in [3.63, 3.8) is 0 Å². The van der Waals surface area contributed by atoms with Gasteiger partial charge >= 0.3 is 0 Å². The van der Waals surface area contributed by atoms with Crippen LogP contribution in [0.3, 0.4) is 0 Å². The third-order valence-corrected chi connectivity index (χ3v) is 3.46. The second kappa shape index (κ2) is 10.4. The van der Waals surface area contributed by atoms with Gasteiger partial charge in [-0.2, -0.15) is 0 Å². The zero-order chi connectivity index (χ0) is 18.3. The molecule has 142 valence electrons. The summed E-state index contributed by atoms with van der Waals surface area (Å²) in [4.78, 5) is 4.39. The molecular weight excluding hydrogens is 441 g/mol. The van der Waals surface area contributed by atoms with Gasteiger partial charge in [0.2, 0.25) is 0 Å². The van der Waals surface area contributed by atoms with E-state index in [9.17, 15) is 0 Å². The van der Waals surface area contributed by atoms with Gasteiger partial charge in [0.25, 0.3) is 0 Å². The average Bonchev–Trinajstić information content (AvgIpc) is 2.59. The fourth-order valence-corrected chi connectivity index (χ4v) is 2.16. The maximum atomic E-state index is 5.96. The molecule has 26 heavy (non-hydrogen) atoms. The Morgan fingerprint density at radius 3 is 2.35 bits per heavy atom. The van der Waals surface area contributed by atoms with Crippen molar-refractivity contribution in [3.05, 3.63) is 59.7 Å². The van der Waals surface area contributed by atoms with E-state index in [1.54, 1.807) is 7.11 Å². The van der Waals surface area contributed by atoms with Gasteiger partial charge in [-0.05, 0) is 56.2 Å². The smallest absolute Gasteiger partial charge is 0.193 e. The number of anilines is 1. The third kappa shape index (κ3) is 8.05. The molecule has 0 aliphatic heterocycles. The number of methoxy groups -OCH3 is 1. The number of rotatable bonds is 6. The minimum Gasteiger partial charge on any atom is -0.497 e. The average molecular weight is 469 g/mol. The molecule has 5 nitrogen and oxygen atoms in total.